The van der Waals surface area contributed by atoms with Crippen LogP contribution in [0, 0.1) is 6.92 Å². The van der Waals surface area contributed by atoms with Gasteiger partial charge in [0.1, 0.15) is 5.69 Å². The van der Waals surface area contributed by atoms with Gasteiger partial charge in [-0.3, -0.25) is 4.79 Å². The van der Waals surface area contributed by atoms with Crippen molar-refractivity contribution in [2.24, 2.45) is 5.73 Å². The SMILES string of the molecule is Cc1nc(C(=O)N(CCCN)Cc2ccccc2)cs1. The zero-order valence-electron chi connectivity index (χ0n) is 11.6. The summed E-state index contributed by atoms with van der Waals surface area (Å²) in [5.74, 6) is -0.0216. The Morgan fingerprint density at radius 2 is 2.10 bits per heavy atom. The maximum absolute atomic E-state index is 12.5. The molecule has 2 rings (SSSR count). The van der Waals surface area contributed by atoms with E-state index in [2.05, 4.69) is 4.98 Å². The molecule has 2 aromatic rings. The van der Waals surface area contributed by atoms with E-state index in [0.717, 1.165) is 17.0 Å². The normalized spacial score (nSPS) is 10.5. The average Bonchev–Trinajstić information content (AvgIpc) is 2.90. The van der Waals surface area contributed by atoms with Crippen LogP contribution in [0.2, 0.25) is 0 Å². The van der Waals surface area contributed by atoms with Gasteiger partial charge in [0.15, 0.2) is 0 Å². The fraction of sp³-hybridized carbons (Fsp3) is 0.333. The third kappa shape index (κ3) is 3.88. The van der Waals surface area contributed by atoms with Gasteiger partial charge in [0.25, 0.3) is 5.91 Å². The Kier molecular flexibility index (Phi) is 5.26. The van der Waals surface area contributed by atoms with Crippen molar-refractivity contribution in [3.8, 4) is 0 Å². The minimum absolute atomic E-state index is 0.0216. The van der Waals surface area contributed by atoms with Crippen LogP contribution in [0.25, 0.3) is 0 Å². The number of amides is 1. The fourth-order valence-electron chi connectivity index (χ4n) is 1.96. The smallest absolute Gasteiger partial charge is 0.273 e. The second-order valence-corrected chi connectivity index (χ2v) is 5.67. The molecular weight excluding hydrogens is 270 g/mol. The number of carbonyl (C=O) groups is 1. The van der Waals surface area contributed by atoms with Crippen molar-refractivity contribution in [3.05, 3.63) is 52.0 Å². The zero-order valence-corrected chi connectivity index (χ0v) is 12.4. The molecule has 0 saturated heterocycles. The lowest BCUT2D eigenvalue weighted by Gasteiger charge is -2.21. The Balaban J connectivity index is 2.12. The number of hydrogen-bond acceptors (Lipinski definition) is 4. The first-order chi connectivity index (χ1) is 9.70. The minimum Gasteiger partial charge on any atom is -0.333 e. The van der Waals surface area contributed by atoms with Gasteiger partial charge < -0.3 is 10.6 Å². The topological polar surface area (TPSA) is 59.2 Å². The van der Waals surface area contributed by atoms with Crippen molar-refractivity contribution in [2.45, 2.75) is 19.9 Å². The highest BCUT2D eigenvalue weighted by Gasteiger charge is 2.18. The molecule has 0 saturated carbocycles. The second-order valence-electron chi connectivity index (χ2n) is 4.61. The largest absolute Gasteiger partial charge is 0.333 e. The number of carbonyl (C=O) groups excluding carboxylic acids is 1. The van der Waals surface area contributed by atoms with Gasteiger partial charge in [0.2, 0.25) is 0 Å². The van der Waals surface area contributed by atoms with E-state index in [-0.39, 0.29) is 5.91 Å². The van der Waals surface area contributed by atoms with Crippen molar-refractivity contribution in [1.29, 1.82) is 0 Å². The van der Waals surface area contributed by atoms with Crippen LogP contribution in [0.3, 0.4) is 0 Å². The highest BCUT2D eigenvalue weighted by molar-refractivity contribution is 7.09. The summed E-state index contributed by atoms with van der Waals surface area (Å²) in [6.45, 7) is 3.73. The lowest BCUT2D eigenvalue weighted by atomic mass is 10.2. The molecule has 1 amide bonds. The highest BCUT2D eigenvalue weighted by atomic mass is 32.1. The molecule has 0 fully saturated rings. The maximum atomic E-state index is 12.5. The fourth-order valence-corrected chi connectivity index (χ4v) is 2.55. The number of thiazole rings is 1. The Hall–Kier alpha value is -1.72. The van der Waals surface area contributed by atoms with Crippen LogP contribution >= 0.6 is 11.3 Å². The number of aryl methyl sites for hydroxylation is 1. The van der Waals surface area contributed by atoms with Crippen molar-refractivity contribution < 1.29 is 4.79 Å². The molecule has 0 unspecified atom stereocenters. The van der Waals surface area contributed by atoms with Crippen molar-refractivity contribution in [2.75, 3.05) is 13.1 Å². The van der Waals surface area contributed by atoms with E-state index < -0.39 is 0 Å². The van der Waals surface area contributed by atoms with E-state index in [1.54, 1.807) is 0 Å². The maximum Gasteiger partial charge on any atom is 0.273 e. The average molecular weight is 289 g/mol. The van der Waals surface area contributed by atoms with E-state index in [1.165, 1.54) is 11.3 Å². The molecule has 2 N–H and O–H groups in total. The molecule has 4 nitrogen and oxygen atoms in total. The summed E-state index contributed by atoms with van der Waals surface area (Å²) in [5, 5.41) is 2.73. The molecule has 0 aliphatic heterocycles. The molecule has 0 atom stereocenters. The summed E-state index contributed by atoms with van der Waals surface area (Å²) in [4.78, 5) is 18.6. The Morgan fingerprint density at radius 3 is 2.70 bits per heavy atom. The molecule has 1 aromatic heterocycles. The predicted octanol–water partition coefficient (Wildman–Crippen LogP) is 2.44. The number of rotatable bonds is 6. The van der Waals surface area contributed by atoms with Crippen LogP contribution in [0.5, 0.6) is 0 Å². The van der Waals surface area contributed by atoms with E-state index in [4.69, 9.17) is 5.73 Å². The molecule has 0 aliphatic rings. The summed E-state index contributed by atoms with van der Waals surface area (Å²) < 4.78 is 0. The lowest BCUT2D eigenvalue weighted by molar-refractivity contribution is 0.0737. The van der Waals surface area contributed by atoms with E-state index in [1.807, 2.05) is 47.5 Å². The highest BCUT2D eigenvalue weighted by Crippen LogP contribution is 2.13. The number of aromatic nitrogens is 1. The summed E-state index contributed by atoms with van der Waals surface area (Å²) in [6, 6.07) is 9.98. The summed E-state index contributed by atoms with van der Waals surface area (Å²) in [7, 11) is 0. The standard InChI is InChI=1S/C15H19N3OS/c1-12-17-14(11-20-12)15(19)18(9-5-8-16)10-13-6-3-2-4-7-13/h2-4,6-7,11H,5,8-10,16H2,1H3. The Morgan fingerprint density at radius 1 is 1.35 bits per heavy atom. The van der Waals surface area contributed by atoms with E-state index >= 15 is 0 Å². The van der Waals surface area contributed by atoms with Gasteiger partial charge in [-0.25, -0.2) is 4.98 Å². The van der Waals surface area contributed by atoms with Gasteiger partial charge in [-0.2, -0.15) is 0 Å². The van der Waals surface area contributed by atoms with Crippen molar-refractivity contribution in [1.82, 2.24) is 9.88 Å². The van der Waals surface area contributed by atoms with Crippen molar-refractivity contribution >= 4 is 17.2 Å². The molecule has 20 heavy (non-hydrogen) atoms. The number of nitrogens with zero attached hydrogens (tertiary/aromatic N) is 2. The second kappa shape index (κ2) is 7.17. The Labute approximate surface area is 123 Å². The predicted molar refractivity (Wildman–Crippen MR) is 81.7 cm³/mol. The number of hydrogen-bond donors (Lipinski definition) is 1. The van der Waals surface area contributed by atoms with Crippen LogP contribution in [0.4, 0.5) is 0 Å². The summed E-state index contributed by atoms with van der Waals surface area (Å²) in [6.07, 6.45) is 0.793. The van der Waals surface area contributed by atoms with Crippen LogP contribution in [-0.4, -0.2) is 28.9 Å². The molecule has 0 radical (unpaired) electrons. The molecule has 0 aliphatic carbocycles. The van der Waals surface area contributed by atoms with E-state index in [9.17, 15) is 4.79 Å². The molecular formula is C15H19N3OS. The minimum atomic E-state index is -0.0216. The zero-order chi connectivity index (χ0) is 14.4. The van der Waals surface area contributed by atoms with Crippen LogP contribution < -0.4 is 5.73 Å². The lowest BCUT2D eigenvalue weighted by Crippen LogP contribution is -2.32. The third-order valence-electron chi connectivity index (χ3n) is 2.97. The van der Waals surface area contributed by atoms with Gasteiger partial charge in [-0.05, 0) is 25.5 Å². The summed E-state index contributed by atoms with van der Waals surface area (Å²) >= 11 is 1.50. The molecule has 0 bridgehead atoms. The van der Waals surface area contributed by atoms with Gasteiger partial charge >= 0.3 is 0 Å². The Bertz CT molecular complexity index is 553. The number of benzene rings is 1. The summed E-state index contributed by atoms with van der Waals surface area (Å²) in [5.41, 5.74) is 7.21. The molecule has 0 spiro atoms. The monoisotopic (exact) mass is 289 g/mol. The van der Waals surface area contributed by atoms with Crippen LogP contribution in [0.15, 0.2) is 35.7 Å². The first-order valence-electron chi connectivity index (χ1n) is 6.66. The molecule has 106 valence electrons. The molecule has 1 aromatic carbocycles. The third-order valence-corrected chi connectivity index (χ3v) is 3.75. The first-order valence-corrected chi connectivity index (χ1v) is 7.54. The van der Waals surface area contributed by atoms with Crippen LogP contribution in [-0.2, 0) is 6.54 Å². The van der Waals surface area contributed by atoms with Gasteiger partial charge in [-0.15, -0.1) is 11.3 Å². The number of nitrogens with two attached hydrogens (primary N) is 1. The molecule has 5 heteroatoms. The quantitative estimate of drug-likeness (QED) is 0.888. The van der Waals surface area contributed by atoms with Gasteiger partial charge in [0.05, 0.1) is 5.01 Å². The first kappa shape index (κ1) is 14.7. The van der Waals surface area contributed by atoms with Crippen molar-refractivity contribution in [3.63, 3.8) is 0 Å². The van der Waals surface area contributed by atoms with E-state index in [0.29, 0.717) is 25.3 Å². The van der Waals surface area contributed by atoms with Gasteiger partial charge in [-0.1, -0.05) is 30.3 Å². The van der Waals surface area contributed by atoms with Gasteiger partial charge in [0, 0.05) is 18.5 Å². The molecule has 1 heterocycles. The van der Waals surface area contributed by atoms with Crippen LogP contribution in [0.1, 0.15) is 27.5 Å².